The van der Waals surface area contributed by atoms with Crippen LogP contribution < -0.4 is 4.90 Å². The number of hydrogen-bond donors (Lipinski definition) is 1. The van der Waals surface area contributed by atoms with Crippen LogP contribution in [0.2, 0.25) is 0 Å². The molecule has 1 saturated heterocycles. The lowest BCUT2D eigenvalue weighted by Gasteiger charge is -2.36. The molecule has 2 aromatic carbocycles. The molecule has 1 amide bonds. The van der Waals surface area contributed by atoms with E-state index in [0.29, 0.717) is 0 Å². The molecule has 1 aromatic heterocycles. The standard InChI is InChI=1S/C24H27N3O/c1-17-9-10-20(15-18(17)2)23-16-22(19(3)25-23)24(28)27-13-11-26(12-14-27)21-7-5-4-6-8-21/h4-10,15-16,25H,11-14H2,1-3H3. The van der Waals surface area contributed by atoms with Crippen molar-refractivity contribution in [3.8, 4) is 11.3 Å². The first-order valence-corrected chi connectivity index (χ1v) is 9.89. The van der Waals surface area contributed by atoms with E-state index >= 15 is 0 Å². The average molecular weight is 374 g/mol. The number of nitrogens with one attached hydrogen (secondary N) is 1. The van der Waals surface area contributed by atoms with Crippen LogP contribution in [0.1, 0.15) is 27.2 Å². The molecule has 28 heavy (non-hydrogen) atoms. The van der Waals surface area contributed by atoms with Crippen molar-refractivity contribution < 1.29 is 4.79 Å². The number of aromatic nitrogens is 1. The third-order valence-corrected chi connectivity index (χ3v) is 5.75. The highest BCUT2D eigenvalue weighted by atomic mass is 16.2. The molecule has 1 fully saturated rings. The van der Waals surface area contributed by atoms with Crippen LogP contribution in [0.4, 0.5) is 5.69 Å². The predicted molar refractivity (Wildman–Crippen MR) is 115 cm³/mol. The Hall–Kier alpha value is -3.01. The molecule has 1 N–H and O–H groups in total. The molecule has 4 nitrogen and oxygen atoms in total. The van der Waals surface area contributed by atoms with Gasteiger partial charge in [0.15, 0.2) is 0 Å². The number of piperazine rings is 1. The molecule has 4 rings (SSSR count). The van der Waals surface area contributed by atoms with E-state index in [0.717, 1.165) is 48.7 Å². The Labute approximate surface area is 166 Å². The van der Waals surface area contributed by atoms with Gasteiger partial charge in [-0.2, -0.15) is 0 Å². The summed E-state index contributed by atoms with van der Waals surface area (Å²) in [5.74, 6) is 0.122. The predicted octanol–water partition coefficient (Wildman–Crippen LogP) is 4.57. The van der Waals surface area contributed by atoms with Crippen molar-refractivity contribution >= 4 is 11.6 Å². The van der Waals surface area contributed by atoms with Crippen molar-refractivity contribution in [2.75, 3.05) is 31.1 Å². The summed E-state index contributed by atoms with van der Waals surface area (Å²) in [6, 6.07) is 18.8. The molecule has 0 saturated carbocycles. The van der Waals surface area contributed by atoms with E-state index < -0.39 is 0 Å². The van der Waals surface area contributed by atoms with Crippen molar-refractivity contribution in [2.24, 2.45) is 0 Å². The summed E-state index contributed by atoms with van der Waals surface area (Å²) in [7, 11) is 0. The van der Waals surface area contributed by atoms with Crippen LogP contribution in [0, 0.1) is 20.8 Å². The van der Waals surface area contributed by atoms with Crippen LogP contribution in [0.15, 0.2) is 54.6 Å². The monoisotopic (exact) mass is 373 g/mol. The lowest BCUT2D eigenvalue weighted by molar-refractivity contribution is 0.0746. The van der Waals surface area contributed by atoms with Gasteiger partial charge in [0.05, 0.1) is 5.56 Å². The summed E-state index contributed by atoms with van der Waals surface area (Å²) in [6.45, 7) is 9.44. The summed E-state index contributed by atoms with van der Waals surface area (Å²) >= 11 is 0. The highest BCUT2D eigenvalue weighted by Gasteiger charge is 2.24. The molecule has 3 aromatic rings. The number of benzene rings is 2. The van der Waals surface area contributed by atoms with Gasteiger partial charge in [-0.15, -0.1) is 0 Å². The molecule has 0 atom stereocenters. The number of para-hydroxylation sites is 1. The van der Waals surface area contributed by atoms with Crippen LogP contribution in [0.5, 0.6) is 0 Å². The number of carbonyl (C=O) groups is 1. The van der Waals surface area contributed by atoms with Crippen molar-refractivity contribution in [3.63, 3.8) is 0 Å². The number of aryl methyl sites for hydroxylation is 3. The Kier molecular flexibility index (Phi) is 4.95. The van der Waals surface area contributed by atoms with Gasteiger partial charge in [0.25, 0.3) is 5.91 Å². The van der Waals surface area contributed by atoms with E-state index in [1.807, 2.05) is 24.0 Å². The first-order chi connectivity index (χ1) is 13.5. The van der Waals surface area contributed by atoms with E-state index in [-0.39, 0.29) is 5.91 Å². The zero-order valence-electron chi connectivity index (χ0n) is 16.8. The van der Waals surface area contributed by atoms with Crippen LogP contribution >= 0.6 is 0 Å². The first-order valence-electron chi connectivity index (χ1n) is 9.89. The third-order valence-electron chi connectivity index (χ3n) is 5.75. The molecule has 144 valence electrons. The van der Waals surface area contributed by atoms with Gasteiger partial charge in [0, 0.05) is 43.3 Å². The third kappa shape index (κ3) is 3.55. The van der Waals surface area contributed by atoms with E-state index in [1.54, 1.807) is 0 Å². The number of aromatic amines is 1. The van der Waals surface area contributed by atoms with Crippen molar-refractivity contribution in [1.29, 1.82) is 0 Å². The van der Waals surface area contributed by atoms with E-state index in [1.165, 1.54) is 16.8 Å². The minimum Gasteiger partial charge on any atom is -0.368 e. The molecular weight excluding hydrogens is 346 g/mol. The molecular formula is C24H27N3O. The van der Waals surface area contributed by atoms with Crippen molar-refractivity contribution in [2.45, 2.75) is 20.8 Å². The second kappa shape index (κ2) is 7.55. The zero-order valence-corrected chi connectivity index (χ0v) is 16.8. The normalized spacial score (nSPS) is 14.4. The van der Waals surface area contributed by atoms with Gasteiger partial charge in [0.1, 0.15) is 0 Å². The number of carbonyl (C=O) groups excluding carboxylic acids is 1. The minimum atomic E-state index is 0.122. The SMILES string of the molecule is Cc1ccc(-c2cc(C(=O)N3CCN(c4ccccc4)CC3)c(C)[nH]2)cc1C. The van der Waals surface area contributed by atoms with Gasteiger partial charge in [-0.3, -0.25) is 4.79 Å². The first kappa shape index (κ1) is 18.4. The quantitative estimate of drug-likeness (QED) is 0.730. The maximum Gasteiger partial charge on any atom is 0.255 e. The molecule has 0 unspecified atom stereocenters. The fourth-order valence-electron chi connectivity index (χ4n) is 3.82. The summed E-state index contributed by atoms with van der Waals surface area (Å²) in [4.78, 5) is 20.8. The van der Waals surface area contributed by atoms with Gasteiger partial charge in [-0.25, -0.2) is 0 Å². The Morgan fingerprint density at radius 3 is 2.25 bits per heavy atom. The van der Waals surface area contributed by atoms with Crippen molar-refractivity contribution in [3.05, 3.63) is 77.0 Å². The number of H-pyrrole nitrogens is 1. The second-order valence-electron chi connectivity index (χ2n) is 7.64. The molecule has 0 radical (unpaired) electrons. The van der Waals surface area contributed by atoms with Crippen LogP contribution in [-0.2, 0) is 0 Å². The van der Waals surface area contributed by atoms with Crippen molar-refractivity contribution in [1.82, 2.24) is 9.88 Å². The topological polar surface area (TPSA) is 39.3 Å². The number of rotatable bonds is 3. The zero-order chi connectivity index (χ0) is 19.7. The summed E-state index contributed by atoms with van der Waals surface area (Å²) in [5, 5.41) is 0. The molecule has 1 aliphatic rings. The van der Waals surface area contributed by atoms with Gasteiger partial charge in [-0.1, -0.05) is 30.3 Å². The van der Waals surface area contributed by atoms with E-state index in [2.05, 4.69) is 66.2 Å². The Balaban J connectivity index is 1.48. The highest BCUT2D eigenvalue weighted by molar-refractivity contribution is 5.97. The van der Waals surface area contributed by atoms with Gasteiger partial charge < -0.3 is 14.8 Å². The molecule has 0 spiro atoms. The minimum absolute atomic E-state index is 0.122. The maximum absolute atomic E-state index is 13.1. The van der Waals surface area contributed by atoms with Crippen LogP contribution in [0.25, 0.3) is 11.3 Å². The lowest BCUT2D eigenvalue weighted by atomic mass is 10.0. The maximum atomic E-state index is 13.1. The molecule has 4 heteroatoms. The second-order valence-corrected chi connectivity index (χ2v) is 7.64. The van der Waals surface area contributed by atoms with E-state index in [9.17, 15) is 4.79 Å². The Morgan fingerprint density at radius 1 is 0.857 bits per heavy atom. The van der Waals surface area contributed by atoms with E-state index in [4.69, 9.17) is 0 Å². The molecule has 0 aliphatic carbocycles. The Morgan fingerprint density at radius 2 is 1.57 bits per heavy atom. The summed E-state index contributed by atoms with van der Waals surface area (Å²) in [6.07, 6.45) is 0. The average Bonchev–Trinajstić information content (AvgIpc) is 3.12. The lowest BCUT2D eigenvalue weighted by Crippen LogP contribution is -2.48. The molecule has 0 bridgehead atoms. The van der Waals surface area contributed by atoms with Crippen LogP contribution in [-0.4, -0.2) is 42.0 Å². The highest BCUT2D eigenvalue weighted by Crippen LogP contribution is 2.25. The van der Waals surface area contributed by atoms with Gasteiger partial charge in [0.2, 0.25) is 0 Å². The van der Waals surface area contributed by atoms with Crippen LogP contribution in [0.3, 0.4) is 0 Å². The fraction of sp³-hybridized carbons (Fsp3) is 0.292. The number of anilines is 1. The largest absolute Gasteiger partial charge is 0.368 e. The number of hydrogen-bond acceptors (Lipinski definition) is 2. The molecule has 1 aliphatic heterocycles. The number of nitrogens with zero attached hydrogens (tertiary/aromatic N) is 2. The summed E-state index contributed by atoms with van der Waals surface area (Å²) < 4.78 is 0. The molecule has 2 heterocycles. The Bertz CT molecular complexity index is 982. The number of amides is 1. The summed E-state index contributed by atoms with van der Waals surface area (Å²) in [5.41, 5.74) is 7.61. The fourth-order valence-corrected chi connectivity index (χ4v) is 3.82. The van der Waals surface area contributed by atoms with Gasteiger partial charge in [-0.05, 0) is 61.7 Å². The van der Waals surface area contributed by atoms with Gasteiger partial charge >= 0.3 is 0 Å². The smallest absolute Gasteiger partial charge is 0.255 e.